The summed E-state index contributed by atoms with van der Waals surface area (Å²) < 4.78 is 6.00. The highest BCUT2D eigenvalue weighted by molar-refractivity contribution is 5.80. The molecule has 2 saturated carbocycles. The van der Waals surface area contributed by atoms with Crippen LogP contribution in [-0.4, -0.2) is 22.3 Å². The van der Waals surface area contributed by atoms with Crippen molar-refractivity contribution in [3.8, 4) is 0 Å². The van der Waals surface area contributed by atoms with Gasteiger partial charge in [0.2, 0.25) is 0 Å². The summed E-state index contributed by atoms with van der Waals surface area (Å²) in [6.45, 7) is 8.56. The van der Waals surface area contributed by atoms with E-state index in [0.29, 0.717) is 11.8 Å². The molecular weight excluding hydrogens is 264 g/mol. The zero-order chi connectivity index (χ0) is 15.2. The van der Waals surface area contributed by atoms with Gasteiger partial charge in [0.15, 0.2) is 5.60 Å². The SMILES string of the molecule is CC(C)C1=C[C@]23OC(=O)[C@H]4C[C@H](C[C@]42[C@@H](C)CC1)[C@]3(C)O. The summed E-state index contributed by atoms with van der Waals surface area (Å²) in [4.78, 5) is 12.5. The Morgan fingerprint density at radius 3 is 2.81 bits per heavy atom. The lowest BCUT2D eigenvalue weighted by Gasteiger charge is -2.48. The molecule has 1 spiro atoms. The Bertz CT molecular complexity index is 547. The lowest BCUT2D eigenvalue weighted by Crippen LogP contribution is -2.60. The van der Waals surface area contributed by atoms with Crippen LogP contribution in [0.5, 0.6) is 0 Å². The molecule has 3 nitrogen and oxygen atoms in total. The van der Waals surface area contributed by atoms with Crippen LogP contribution in [0.4, 0.5) is 0 Å². The molecule has 2 bridgehead atoms. The van der Waals surface area contributed by atoms with Gasteiger partial charge in [0, 0.05) is 5.41 Å². The first-order valence-electron chi connectivity index (χ1n) is 8.43. The molecule has 0 aromatic heterocycles. The predicted molar refractivity (Wildman–Crippen MR) is 79.4 cm³/mol. The minimum atomic E-state index is -0.922. The van der Waals surface area contributed by atoms with Crippen LogP contribution in [0.2, 0.25) is 0 Å². The molecule has 21 heavy (non-hydrogen) atoms. The van der Waals surface area contributed by atoms with Gasteiger partial charge in [-0.3, -0.25) is 4.79 Å². The highest BCUT2D eigenvalue weighted by Crippen LogP contribution is 2.76. The van der Waals surface area contributed by atoms with E-state index in [1.54, 1.807) is 0 Å². The second-order valence-corrected chi connectivity index (χ2v) is 8.35. The van der Waals surface area contributed by atoms with E-state index in [2.05, 4.69) is 26.8 Å². The zero-order valence-corrected chi connectivity index (χ0v) is 13.5. The number of carbonyl (C=O) groups is 1. The number of esters is 1. The van der Waals surface area contributed by atoms with Crippen molar-refractivity contribution >= 4 is 5.97 Å². The highest BCUT2D eigenvalue weighted by atomic mass is 16.6. The lowest BCUT2D eigenvalue weighted by molar-refractivity contribution is -0.175. The number of aliphatic hydroxyl groups is 1. The molecule has 1 aliphatic heterocycles. The quantitative estimate of drug-likeness (QED) is 0.596. The van der Waals surface area contributed by atoms with E-state index in [9.17, 15) is 9.90 Å². The predicted octanol–water partition coefficient (Wildman–Crippen LogP) is 3.07. The third-order valence-corrected chi connectivity index (χ3v) is 7.39. The van der Waals surface area contributed by atoms with Gasteiger partial charge in [-0.25, -0.2) is 0 Å². The largest absolute Gasteiger partial charge is 0.451 e. The standard InChI is InChI=1S/C18H26O3/c1-10(2)12-6-5-11(3)17-9-13-7-14(17)15(19)21-18(17,8-12)16(13,4)20/h8,10-11,13-14,20H,5-7,9H2,1-4H3/t11-,13+,14+,16-,17-,18+/m0/s1. The van der Waals surface area contributed by atoms with Gasteiger partial charge in [-0.15, -0.1) is 0 Å². The molecule has 4 rings (SSSR count). The molecule has 4 aliphatic rings. The van der Waals surface area contributed by atoms with Gasteiger partial charge in [0.1, 0.15) is 5.60 Å². The molecule has 0 unspecified atom stereocenters. The smallest absolute Gasteiger partial charge is 0.310 e. The summed E-state index contributed by atoms with van der Waals surface area (Å²) in [5.41, 5.74) is -0.524. The Labute approximate surface area is 126 Å². The molecular formula is C18H26O3. The van der Waals surface area contributed by atoms with Crippen molar-refractivity contribution in [3.05, 3.63) is 11.6 Å². The van der Waals surface area contributed by atoms with Crippen molar-refractivity contribution in [2.45, 2.75) is 64.6 Å². The summed E-state index contributed by atoms with van der Waals surface area (Å²) in [7, 11) is 0. The van der Waals surface area contributed by atoms with Crippen LogP contribution in [-0.2, 0) is 9.53 Å². The van der Waals surface area contributed by atoms with Crippen molar-refractivity contribution < 1.29 is 14.6 Å². The van der Waals surface area contributed by atoms with Crippen LogP contribution < -0.4 is 0 Å². The zero-order valence-electron chi connectivity index (χ0n) is 13.5. The topological polar surface area (TPSA) is 46.5 Å². The van der Waals surface area contributed by atoms with E-state index >= 15 is 0 Å². The lowest BCUT2D eigenvalue weighted by atomic mass is 9.57. The Hall–Kier alpha value is -0.830. The number of ether oxygens (including phenoxy) is 1. The van der Waals surface area contributed by atoms with E-state index < -0.39 is 11.2 Å². The molecule has 1 heterocycles. The maximum absolute atomic E-state index is 12.5. The average Bonchev–Trinajstić information content (AvgIpc) is 2.90. The van der Waals surface area contributed by atoms with Crippen LogP contribution >= 0.6 is 0 Å². The molecule has 6 atom stereocenters. The molecule has 3 heteroatoms. The van der Waals surface area contributed by atoms with Crippen molar-refractivity contribution in [2.24, 2.45) is 29.1 Å². The van der Waals surface area contributed by atoms with Crippen LogP contribution in [0.25, 0.3) is 0 Å². The Morgan fingerprint density at radius 1 is 1.43 bits per heavy atom. The van der Waals surface area contributed by atoms with E-state index in [1.165, 1.54) is 5.57 Å². The van der Waals surface area contributed by atoms with Gasteiger partial charge in [-0.05, 0) is 56.4 Å². The molecule has 0 radical (unpaired) electrons. The molecule has 116 valence electrons. The monoisotopic (exact) mass is 290 g/mol. The molecule has 3 aliphatic carbocycles. The normalized spacial score (nSPS) is 54.5. The van der Waals surface area contributed by atoms with E-state index in [1.807, 2.05) is 6.92 Å². The summed E-state index contributed by atoms with van der Waals surface area (Å²) in [6, 6.07) is 0. The Kier molecular flexibility index (Phi) is 2.45. The highest BCUT2D eigenvalue weighted by Gasteiger charge is 2.83. The molecule has 1 N–H and O–H groups in total. The molecule has 1 saturated heterocycles. The van der Waals surface area contributed by atoms with Crippen molar-refractivity contribution in [1.29, 1.82) is 0 Å². The second-order valence-electron chi connectivity index (χ2n) is 8.35. The molecule has 3 fully saturated rings. The number of rotatable bonds is 1. The summed E-state index contributed by atoms with van der Waals surface area (Å²) in [5, 5.41) is 11.3. The number of carbonyl (C=O) groups excluding carboxylic acids is 1. The number of hydrogen-bond donors (Lipinski definition) is 1. The fourth-order valence-electron chi connectivity index (χ4n) is 6.13. The molecule has 0 aromatic rings. The summed E-state index contributed by atoms with van der Waals surface area (Å²) in [5.74, 6) is 0.984. The fraction of sp³-hybridized carbons (Fsp3) is 0.833. The van der Waals surface area contributed by atoms with Crippen molar-refractivity contribution in [1.82, 2.24) is 0 Å². The Morgan fingerprint density at radius 2 is 2.14 bits per heavy atom. The van der Waals surface area contributed by atoms with Crippen LogP contribution in [0, 0.1) is 29.1 Å². The number of fused-ring (bicyclic) bond motifs is 1. The second kappa shape index (κ2) is 3.73. The van der Waals surface area contributed by atoms with Crippen molar-refractivity contribution in [2.75, 3.05) is 0 Å². The first-order valence-corrected chi connectivity index (χ1v) is 8.43. The van der Waals surface area contributed by atoms with Crippen LogP contribution in [0.1, 0.15) is 53.4 Å². The van der Waals surface area contributed by atoms with Crippen molar-refractivity contribution in [3.63, 3.8) is 0 Å². The third-order valence-electron chi connectivity index (χ3n) is 7.39. The van der Waals surface area contributed by atoms with Gasteiger partial charge < -0.3 is 9.84 Å². The molecule has 0 aromatic carbocycles. The van der Waals surface area contributed by atoms with Gasteiger partial charge in [-0.1, -0.05) is 26.3 Å². The summed E-state index contributed by atoms with van der Waals surface area (Å²) >= 11 is 0. The third kappa shape index (κ3) is 1.25. The first kappa shape index (κ1) is 13.8. The Balaban J connectivity index is 1.99. The van der Waals surface area contributed by atoms with Gasteiger partial charge >= 0.3 is 5.97 Å². The minimum Gasteiger partial charge on any atom is -0.451 e. The van der Waals surface area contributed by atoms with Gasteiger partial charge in [-0.2, -0.15) is 0 Å². The van der Waals surface area contributed by atoms with Crippen LogP contribution in [0.15, 0.2) is 11.6 Å². The van der Waals surface area contributed by atoms with Crippen LogP contribution in [0.3, 0.4) is 0 Å². The number of hydrogen-bond acceptors (Lipinski definition) is 3. The fourth-order valence-corrected chi connectivity index (χ4v) is 6.13. The maximum Gasteiger partial charge on any atom is 0.310 e. The number of allylic oxidation sites excluding steroid dienone is 1. The molecule has 0 amide bonds. The summed E-state index contributed by atoms with van der Waals surface area (Å²) in [6.07, 6.45) is 6.09. The van der Waals surface area contributed by atoms with E-state index in [4.69, 9.17) is 4.74 Å². The average molecular weight is 290 g/mol. The minimum absolute atomic E-state index is 0.000451. The maximum atomic E-state index is 12.5. The first-order chi connectivity index (χ1) is 9.76. The van der Waals surface area contributed by atoms with E-state index in [-0.39, 0.29) is 23.2 Å². The van der Waals surface area contributed by atoms with E-state index in [0.717, 1.165) is 25.7 Å². The van der Waals surface area contributed by atoms with Gasteiger partial charge in [0.25, 0.3) is 0 Å². The van der Waals surface area contributed by atoms with Gasteiger partial charge in [0.05, 0.1) is 5.92 Å².